The van der Waals surface area contributed by atoms with Crippen LogP contribution in [0.3, 0.4) is 0 Å². The van der Waals surface area contributed by atoms with Gasteiger partial charge < -0.3 is 4.74 Å². The highest BCUT2D eigenvalue weighted by Crippen LogP contribution is 2.02. The Bertz CT molecular complexity index is 157. The molecule has 0 aliphatic carbocycles. The predicted molar refractivity (Wildman–Crippen MR) is 40.6 cm³/mol. The zero-order chi connectivity index (χ0) is 9.56. The Morgan fingerprint density at radius 1 is 1.75 bits per heavy atom. The number of esters is 1. The van der Waals surface area contributed by atoms with Crippen molar-refractivity contribution in [1.29, 1.82) is 0 Å². The fraction of sp³-hybridized carbons (Fsp3) is 0.571. The summed E-state index contributed by atoms with van der Waals surface area (Å²) in [5.41, 5.74) is 0. The van der Waals surface area contributed by atoms with Gasteiger partial charge >= 0.3 is 5.97 Å². The molecule has 5 heteroatoms. The Hall–Kier alpha value is -0.910. The second kappa shape index (κ2) is 5.70. The first-order valence-corrected chi connectivity index (χ1v) is 3.58. The number of hydrogen-bond donors (Lipinski definition) is 2. The van der Waals surface area contributed by atoms with Gasteiger partial charge in [0.25, 0.3) is 0 Å². The smallest absolute Gasteiger partial charge is 0.328 e. The average Bonchev–Trinajstić information content (AvgIpc) is 1.99. The Kier molecular flexibility index (Phi) is 5.27. The molecule has 0 aromatic heterocycles. The lowest BCUT2D eigenvalue weighted by Gasteiger charge is -2.16. The molecular weight excluding hydrogens is 162 g/mol. The van der Waals surface area contributed by atoms with E-state index < -0.39 is 12.0 Å². The van der Waals surface area contributed by atoms with E-state index >= 15 is 0 Å². The summed E-state index contributed by atoms with van der Waals surface area (Å²) in [6, 6.07) is -1.08. The van der Waals surface area contributed by atoms with Crippen LogP contribution in [0.15, 0.2) is 12.7 Å². The fourth-order valence-electron chi connectivity index (χ4n) is 0.681. The summed E-state index contributed by atoms with van der Waals surface area (Å²) in [5, 5.41) is 17.0. The van der Waals surface area contributed by atoms with E-state index in [0.717, 1.165) is 0 Å². The summed E-state index contributed by atoms with van der Waals surface area (Å²) < 4.78 is 4.57. The van der Waals surface area contributed by atoms with Gasteiger partial charge in [0, 0.05) is 0 Å². The third-order valence-corrected chi connectivity index (χ3v) is 1.23. The Morgan fingerprint density at radius 2 is 2.33 bits per heavy atom. The Morgan fingerprint density at radius 3 is 2.67 bits per heavy atom. The number of hydrogen-bond acceptors (Lipinski definition) is 5. The molecule has 0 fully saturated rings. The molecule has 2 N–H and O–H groups in total. The maximum Gasteiger partial charge on any atom is 0.328 e. The zero-order valence-corrected chi connectivity index (χ0v) is 6.93. The summed E-state index contributed by atoms with van der Waals surface area (Å²) in [6.07, 6.45) is 1.53. The largest absolute Gasteiger partial charge is 0.465 e. The molecule has 70 valence electrons. The zero-order valence-electron chi connectivity index (χ0n) is 6.93. The second-order valence-electron chi connectivity index (χ2n) is 2.11. The third-order valence-electron chi connectivity index (χ3n) is 1.23. The van der Waals surface area contributed by atoms with Crippen molar-refractivity contribution in [3.8, 4) is 0 Å². The van der Waals surface area contributed by atoms with E-state index in [9.17, 15) is 4.79 Å². The molecule has 5 nitrogen and oxygen atoms in total. The van der Waals surface area contributed by atoms with Gasteiger partial charge in [-0.2, -0.15) is 0 Å². The minimum atomic E-state index is -1.08. The first-order valence-electron chi connectivity index (χ1n) is 3.58. The van der Waals surface area contributed by atoms with E-state index in [1.807, 2.05) is 0 Å². The van der Waals surface area contributed by atoms with Crippen LogP contribution < -0.4 is 0 Å². The van der Waals surface area contributed by atoms with Crippen LogP contribution >= 0.6 is 0 Å². The fourth-order valence-corrected chi connectivity index (χ4v) is 0.681. The lowest BCUT2D eigenvalue weighted by molar-refractivity contribution is -0.327. The molecule has 0 aromatic rings. The minimum absolute atomic E-state index is 0.131. The molecule has 12 heavy (non-hydrogen) atoms. The first kappa shape index (κ1) is 11.1. The number of ether oxygens (including phenoxy) is 1. The van der Waals surface area contributed by atoms with Gasteiger partial charge in [-0.05, 0) is 13.3 Å². The normalized spacial score (nSPS) is 12.7. The van der Waals surface area contributed by atoms with E-state index in [2.05, 4.69) is 11.3 Å². The number of carbonyl (C=O) groups excluding carboxylic acids is 1. The summed E-state index contributed by atoms with van der Waals surface area (Å²) in [6.45, 7) is 5.22. The van der Waals surface area contributed by atoms with Gasteiger partial charge in [0.1, 0.15) is 0 Å². The molecule has 0 aliphatic heterocycles. The van der Waals surface area contributed by atoms with Crippen LogP contribution in [-0.4, -0.2) is 34.3 Å². The monoisotopic (exact) mass is 175 g/mol. The van der Waals surface area contributed by atoms with Crippen molar-refractivity contribution >= 4 is 5.97 Å². The van der Waals surface area contributed by atoms with E-state index in [-0.39, 0.29) is 18.3 Å². The summed E-state index contributed by atoms with van der Waals surface area (Å²) in [7, 11) is 0. The highest BCUT2D eigenvalue weighted by atomic mass is 16.8. The average molecular weight is 175 g/mol. The highest BCUT2D eigenvalue weighted by molar-refractivity contribution is 5.75. The molecule has 0 unspecified atom stereocenters. The van der Waals surface area contributed by atoms with Crippen LogP contribution in [0.5, 0.6) is 0 Å². The highest BCUT2D eigenvalue weighted by Gasteiger charge is 2.23. The van der Waals surface area contributed by atoms with Crippen molar-refractivity contribution in [2.45, 2.75) is 19.4 Å². The summed E-state index contributed by atoms with van der Waals surface area (Å²) in [5.74, 6) is -0.678. The van der Waals surface area contributed by atoms with Gasteiger partial charge in [-0.25, -0.2) is 0 Å². The quantitative estimate of drug-likeness (QED) is 0.363. The summed E-state index contributed by atoms with van der Waals surface area (Å²) in [4.78, 5) is 10.9. The molecule has 0 bridgehead atoms. The molecule has 0 amide bonds. The van der Waals surface area contributed by atoms with Gasteiger partial charge in [-0.3, -0.25) is 15.2 Å². The van der Waals surface area contributed by atoms with Gasteiger partial charge in [-0.1, -0.05) is 11.3 Å². The molecule has 0 rings (SSSR count). The Labute approximate surface area is 70.8 Å². The molecular formula is C7H13NO4. The molecule has 0 heterocycles. The van der Waals surface area contributed by atoms with Crippen LogP contribution in [0.1, 0.15) is 13.3 Å². The lowest BCUT2D eigenvalue weighted by Crippen LogP contribution is -2.37. The van der Waals surface area contributed by atoms with Crippen LogP contribution in [0.25, 0.3) is 0 Å². The molecule has 0 aromatic carbocycles. The van der Waals surface area contributed by atoms with Gasteiger partial charge in [0.15, 0.2) is 6.04 Å². The molecule has 0 radical (unpaired) electrons. The van der Waals surface area contributed by atoms with Crippen molar-refractivity contribution < 1.29 is 19.9 Å². The number of carbonyl (C=O) groups is 1. The maximum atomic E-state index is 10.9. The number of hydroxylamine groups is 2. The van der Waals surface area contributed by atoms with Crippen LogP contribution in [0, 0.1) is 0 Å². The van der Waals surface area contributed by atoms with E-state index in [0.29, 0.717) is 0 Å². The Balaban J connectivity index is 4.08. The molecule has 1 atom stereocenters. The van der Waals surface area contributed by atoms with E-state index in [4.69, 9.17) is 10.4 Å². The van der Waals surface area contributed by atoms with Crippen molar-refractivity contribution in [3.05, 3.63) is 12.7 Å². The maximum absolute atomic E-state index is 10.9. The van der Waals surface area contributed by atoms with Gasteiger partial charge in [0.05, 0.1) is 6.61 Å². The van der Waals surface area contributed by atoms with Gasteiger partial charge in [-0.15, -0.1) is 6.58 Å². The predicted octanol–water partition coefficient (Wildman–Crippen LogP) is 0.575. The van der Waals surface area contributed by atoms with Crippen molar-refractivity contribution in [2.75, 3.05) is 6.61 Å². The van der Waals surface area contributed by atoms with E-state index in [1.54, 1.807) is 6.92 Å². The van der Waals surface area contributed by atoms with Crippen LogP contribution in [-0.2, 0) is 9.53 Å². The van der Waals surface area contributed by atoms with Crippen molar-refractivity contribution in [3.63, 3.8) is 0 Å². The van der Waals surface area contributed by atoms with Crippen molar-refractivity contribution in [2.24, 2.45) is 0 Å². The second-order valence-corrected chi connectivity index (χ2v) is 2.11. The lowest BCUT2D eigenvalue weighted by atomic mass is 10.2. The minimum Gasteiger partial charge on any atom is -0.465 e. The number of rotatable bonds is 5. The molecule has 0 spiro atoms. The molecule has 0 aliphatic rings. The van der Waals surface area contributed by atoms with Crippen LogP contribution in [0.4, 0.5) is 0 Å². The van der Waals surface area contributed by atoms with E-state index in [1.165, 1.54) is 6.08 Å². The third kappa shape index (κ3) is 3.47. The van der Waals surface area contributed by atoms with Gasteiger partial charge in [0.2, 0.25) is 0 Å². The summed E-state index contributed by atoms with van der Waals surface area (Å²) >= 11 is 0. The first-order chi connectivity index (χ1) is 5.63. The number of nitrogens with zero attached hydrogens (tertiary/aromatic N) is 1. The van der Waals surface area contributed by atoms with Crippen molar-refractivity contribution in [1.82, 2.24) is 5.23 Å². The molecule has 0 saturated heterocycles. The topological polar surface area (TPSA) is 70.0 Å². The standard InChI is InChI=1S/C7H13NO4/c1-3-5-6(8(10)11)7(9)12-4-2/h3,6,10-11H,1,4-5H2,2H3/t6-/m0/s1. The van der Waals surface area contributed by atoms with Crippen LogP contribution in [0.2, 0.25) is 0 Å². The molecule has 0 saturated carbocycles. The SMILES string of the molecule is C=CC[C@@H](C(=O)OCC)N(O)O.